The van der Waals surface area contributed by atoms with Crippen molar-refractivity contribution in [2.75, 3.05) is 0 Å². The summed E-state index contributed by atoms with van der Waals surface area (Å²) in [6, 6.07) is 19.6. The zero-order chi connectivity index (χ0) is 11.9. The second-order valence-electron chi connectivity index (χ2n) is 4.02. The Morgan fingerprint density at radius 1 is 0.882 bits per heavy atom. The van der Waals surface area contributed by atoms with E-state index in [0.29, 0.717) is 0 Å². The minimum Gasteiger partial charge on any atom is -0.103 e. The average Bonchev–Trinajstić information content (AvgIpc) is 2.39. The summed E-state index contributed by atoms with van der Waals surface area (Å²) in [6.45, 7) is 3.75. The van der Waals surface area contributed by atoms with E-state index in [9.17, 15) is 0 Å². The van der Waals surface area contributed by atoms with E-state index in [4.69, 9.17) is 0 Å². The summed E-state index contributed by atoms with van der Waals surface area (Å²) in [5, 5.41) is 2.80. The van der Waals surface area contributed by atoms with E-state index >= 15 is 0 Å². The first-order valence-corrected chi connectivity index (χ1v) is 6.90. The van der Waals surface area contributed by atoms with E-state index in [-0.39, 0.29) is 0 Å². The van der Waals surface area contributed by atoms with Crippen LogP contribution in [0.3, 0.4) is 0 Å². The maximum Gasteiger partial charge on any atom is -0.0226 e. The molecular weight excluding hydrogens is 223 g/mol. The fourth-order valence-corrected chi connectivity index (χ4v) is 2.74. The molecule has 0 radical (unpaired) electrons. The third-order valence-electron chi connectivity index (χ3n) is 2.65. The summed E-state index contributed by atoms with van der Waals surface area (Å²) in [5.41, 5.74) is 1.39. The van der Waals surface area contributed by atoms with Crippen LogP contribution in [0.15, 0.2) is 67.3 Å². The third-order valence-corrected chi connectivity index (χ3v) is 3.90. The summed E-state index contributed by atoms with van der Waals surface area (Å²) in [5.74, 6) is 0. The molecule has 86 valence electrons. The molecule has 0 saturated carbocycles. The van der Waals surface area contributed by atoms with E-state index in [0.717, 1.165) is 21.4 Å². The Morgan fingerprint density at radius 3 is 2.18 bits per heavy atom. The molecule has 0 aliphatic carbocycles. The highest BCUT2D eigenvalue weighted by molar-refractivity contribution is 7.55. The van der Waals surface area contributed by atoms with Crippen LogP contribution in [0.25, 0.3) is 0 Å². The van der Waals surface area contributed by atoms with E-state index in [1.807, 2.05) is 6.08 Å². The van der Waals surface area contributed by atoms with E-state index in [2.05, 4.69) is 61.2 Å². The number of allylic oxidation sites excluding steroid dienone is 1. The van der Waals surface area contributed by atoms with Crippen molar-refractivity contribution in [2.45, 2.75) is 12.8 Å². The minimum absolute atomic E-state index is 0.755. The molecule has 1 atom stereocenters. The minimum atomic E-state index is 0.755. The molecule has 0 aliphatic rings. The van der Waals surface area contributed by atoms with Crippen LogP contribution in [0.4, 0.5) is 0 Å². The van der Waals surface area contributed by atoms with Gasteiger partial charge in [0.1, 0.15) is 0 Å². The third kappa shape index (κ3) is 3.84. The predicted molar refractivity (Wildman–Crippen MR) is 79.0 cm³/mol. The molecule has 17 heavy (non-hydrogen) atoms. The van der Waals surface area contributed by atoms with Crippen LogP contribution in [0, 0.1) is 0 Å². The number of hydrogen-bond donors (Lipinski definition) is 0. The van der Waals surface area contributed by atoms with Gasteiger partial charge < -0.3 is 0 Å². The Morgan fingerprint density at radius 2 is 1.53 bits per heavy atom. The Bertz CT molecular complexity index is 457. The molecule has 0 aliphatic heterocycles. The van der Waals surface area contributed by atoms with Gasteiger partial charge in [0, 0.05) is 0 Å². The second kappa shape index (κ2) is 6.37. The fraction of sp³-hybridized carbons (Fsp3) is 0.125. The van der Waals surface area contributed by atoms with Crippen LogP contribution in [-0.4, -0.2) is 0 Å². The zero-order valence-corrected chi connectivity index (χ0v) is 10.9. The summed E-state index contributed by atoms with van der Waals surface area (Å²) in [4.78, 5) is 0. The largest absolute Gasteiger partial charge is 0.103 e. The molecule has 2 aromatic carbocycles. The van der Waals surface area contributed by atoms with Gasteiger partial charge in [-0.25, -0.2) is 0 Å². The Labute approximate surface area is 105 Å². The SMILES string of the molecule is C=CCCc1ccc(Pc2ccccc2)cc1. The molecule has 0 nitrogen and oxygen atoms in total. The molecule has 0 fully saturated rings. The summed E-state index contributed by atoms with van der Waals surface area (Å²) >= 11 is 0. The van der Waals surface area contributed by atoms with Crippen LogP contribution in [-0.2, 0) is 6.42 Å². The lowest BCUT2D eigenvalue weighted by Crippen LogP contribution is -2.02. The van der Waals surface area contributed by atoms with Gasteiger partial charge in [-0.3, -0.25) is 0 Å². The van der Waals surface area contributed by atoms with Gasteiger partial charge in [0.25, 0.3) is 0 Å². The molecule has 1 unspecified atom stereocenters. The summed E-state index contributed by atoms with van der Waals surface area (Å²) in [7, 11) is 0.755. The quantitative estimate of drug-likeness (QED) is 0.555. The number of hydrogen-bond acceptors (Lipinski definition) is 0. The molecule has 0 bridgehead atoms. The first kappa shape index (κ1) is 12.1. The van der Waals surface area contributed by atoms with Gasteiger partial charge in [-0.05, 0) is 29.0 Å². The van der Waals surface area contributed by atoms with Crippen molar-refractivity contribution in [1.29, 1.82) is 0 Å². The standard InChI is InChI=1S/C16H17P/c1-2-3-7-14-10-12-16(13-11-14)17-15-8-5-4-6-9-15/h2,4-6,8-13,17H,1,3,7H2. The van der Waals surface area contributed by atoms with Gasteiger partial charge in [-0.1, -0.05) is 69.3 Å². The second-order valence-corrected chi connectivity index (χ2v) is 5.42. The molecule has 0 aromatic heterocycles. The Hall–Kier alpha value is -1.39. The van der Waals surface area contributed by atoms with Crippen LogP contribution < -0.4 is 10.6 Å². The van der Waals surface area contributed by atoms with Crippen LogP contribution in [0.5, 0.6) is 0 Å². The van der Waals surface area contributed by atoms with Gasteiger partial charge in [0.15, 0.2) is 0 Å². The highest BCUT2D eigenvalue weighted by atomic mass is 31.1. The molecule has 0 spiro atoms. The van der Waals surface area contributed by atoms with Gasteiger partial charge in [0.05, 0.1) is 0 Å². The first-order chi connectivity index (χ1) is 8.38. The molecule has 0 saturated heterocycles. The zero-order valence-electron chi connectivity index (χ0n) is 9.89. The smallest absolute Gasteiger partial charge is 0.0226 e. The Balaban J connectivity index is 2.01. The normalized spacial score (nSPS) is 10.8. The van der Waals surface area contributed by atoms with Crippen LogP contribution in [0.2, 0.25) is 0 Å². The maximum absolute atomic E-state index is 3.75. The molecule has 0 amide bonds. The molecule has 0 N–H and O–H groups in total. The van der Waals surface area contributed by atoms with Crippen molar-refractivity contribution in [1.82, 2.24) is 0 Å². The highest BCUT2D eigenvalue weighted by Crippen LogP contribution is 2.11. The van der Waals surface area contributed by atoms with Crippen molar-refractivity contribution < 1.29 is 0 Å². The Kier molecular flexibility index (Phi) is 4.53. The number of benzene rings is 2. The monoisotopic (exact) mass is 240 g/mol. The van der Waals surface area contributed by atoms with Crippen LogP contribution in [0.1, 0.15) is 12.0 Å². The molecule has 2 aromatic rings. The number of aryl methyl sites for hydroxylation is 1. The lowest BCUT2D eigenvalue weighted by atomic mass is 10.1. The summed E-state index contributed by atoms with van der Waals surface area (Å²) in [6.07, 6.45) is 4.12. The maximum atomic E-state index is 3.75. The van der Waals surface area contributed by atoms with Crippen molar-refractivity contribution >= 4 is 19.2 Å². The predicted octanol–water partition coefficient (Wildman–Crippen LogP) is 3.43. The number of rotatable bonds is 5. The van der Waals surface area contributed by atoms with E-state index in [1.54, 1.807) is 0 Å². The van der Waals surface area contributed by atoms with E-state index < -0.39 is 0 Å². The van der Waals surface area contributed by atoms with Gasteiger partial charge >= 0.3 is 0 Å². The van der Waals surface area contributed by atoms with E-state index in [1.165, 1.54) is 16.2 Å². The first-order valence-electron chi connectivity index (χ1n) is 5.90. The van der Waals surface area contributed by atoms with Crippen molar-refractivity contribution in [3.63, 3.8) is 0 Å². The lowest BCUT2D eigenvalue weighted by molar-refractivity contribution is 1.01. The topological polar surface area (TPSA) is 0 Å². The van der Waals surface area contributed by atoms with Gasteiger partial charge in [-0.15, -0.1) is 6.58 Å². The van der Waals surface area contributed by atoms with Crippen LogP contribution >= 0.6 is 8.58 Å². The summed E-state index contributed by atoms with van der Waals surface area (Å²) < 4.78 is 0. The van der Waals surface area contributed by atoms with Crippen molar-refractivity contribution in [3.05, 3.63) is 72.8 Å². The molecule has 0 heterocycles. The fourth-order valence-electron chi connectivity index (χ4n) is 1.71. The average molecular weight is 240 g/mol. The van der Waals surface area contributed by atoms with Gasteiger partial charge in [0.2, 0.25) is 0 Å². The molecular formula is C16H17P. The lowest BCUT2D eigenvalue weighted by Gasteiger charge is -2.04. The van der Waals surface area contributed by atoms with Crippen molar-refractivity contribution in [3.8, 4) is 0 Å². The van der Waals surface area contributed by atoms with Gasteiger partial charge in [-0.2, -0.15) is 0 Å². The molecule has 2 rings (SSSR count). The van der Waals surface area contributed by atoms with Crippen molar-refractivity contribution in [2.24, 2.45) is 0 Å². The highest BCUT2D eigenvalue weighted by Gasteiger charge is 1.96. The molecule has 1 heteroatoms.